The Kier molecular flexibility index (Phi) is 6.35. The Morgan fingerprint density at radius 2 is 1.84 bits per heavy atom. The molecule has 1 amide bonds. The molecule has 1 aliphatic heterocycles. The van der Waals surface area contributed by atoms with Crippen LogP contribution in [0.3, 0.4) is 0 Å². The van der Waals surface area contributed by atoms with Gasteiger partial charge in [-0.3, -0.25) is 0 Å². The van der Waals surface area contributed by atoms with Gasteiger partial charge in [0.05, 0.1) is 6.10 Å². The first-order chi connectivity index (χ1) is 11.6. The molecule has 25 heavy (non-hydrogen) atoms. The van der Waals surface area contributed by atoms with E-state index in [9.17, 15) is 18.7 Å². The third-order valence-corrected chi connectivity index (χ3v) is 4.01. The summed E-state index contributed by atoms with van der Waals surface area (Å²) in [5.41, 5.74) is -0.304. The minimum absolute atomic E-state index is 0.0230. The Hall–Kier alpha value is -1.73. The van der Waals surface area contributed by atoms with Gasteiger partial charge in [0, 0.05) is 31.7 Å². The number of amides is 1. The Labute approximate surface area is 147 Å². The molecule has 0 aliphatic carbocycles. The molecule has 5 nitrogen and oxygen atoms in total. The number of aliphatic hydroxyl groups is 1. The molecule has 1 fully saturated rings. The second kappa shape index (κ2) is 8.10. The first-order valence-corrected chi connectivity index (χ1v) is 8.48. The number of nitrogens with one attached hydrogen (secondary N) is 1. The molecule has 1 unspecified atom stereocenters. The molecule has 0 radical (unpaired) electrons. The number of likely N-dealkylation sites (tertiary alicyclic amines) is 1. The van der Waals surface area contributed by atoms with Crippen LogP contribution in [0.4, 0.5) is 13.6 Å². The van der Waals surface area contributed by atoms with Crippen LogP contribution in [-0.2, 0) is 4.74 Å². The van der Waals surface area contributed by atoms with E-state index in [1.54, 1.807) is 0 Å². The monoisotopic (exact) mass is 356 g/mol. The number of piperidine rings is 1. The number of alkyl carbamates (subject to hydrolysis) is 1. The van der Waals surface area contributed by atoms with Crippen LogP contribution in [0, 0.1) is 11.6 Å². The number of rotatable bonds is 4. The lowest BCUT2D eigenvalue weighted by atomic mass is 10.0. The van der Waals surface area contributed by atoms with Crippen molar-refractivity contribution in [1.29, 1.82) is 0 Å². The molecule has 1 saturated heterocycles. The van der Waals surface area contributed by atoms with Crippen molar-refractivity contribution in [3.05, 3.63) is 35.4 Å². The van der Waals surface area contributed by atoms with Gasteiger partial charge in [-0.25, -0.2) is 13.6 Å². The smallest absolute Gasteiger partial charge is 0.407 e. The minimum Gasteiger partial charge on any atom is -0.444 e. The van der Waals surface area contributed by atoms with E-state index in [0.29, 0.717) is 19.6 Å². The van der Waals surface area contributed by atoms with E-state index < -0.39 is 29.4 Å². The van der Waals surface area contributed by atoms with Gasteiger partial charge in [0.25, 0.3) is 0 Å². The van der Waals surface area contributed by atoms with E-state index in [1.165, 1.54) is 0 Å². The molecule has 7 heteroatoms. The predicted molar refractivity (Wildman–Crippen MR) is 90.1 cm³/mol. The van der Waals surface area contributed by atoms with Crippen LogP contribution in [0.2, 0.25) is 0 Å². The fraction of sp³-hybridized carbons (Fsp3) is 0.611. The summed E-state index contributed by atoms with van der Waals surface area (Å²) in [6, 6.07) is 3.09. The molecule has 1 aromatic rings. The predicted octanol–water partition coefficient (Wildman–Crippen LogP) is 2.99. The van der Waals surface area contributed by atoms with Gasteiger partial charge in [0.2, 0.25) is 0 Å². The van der Waals surface area contributed by atoms with E-state index in [0.717, 1.165) is 31.0 Å². The van der Waals surface area contributed by atoms with E-state index in [2.05, 4.69) is 5.32 Å². The first kappa shape index (κ1) is 19.6. The minimum atomic E-state index is -0.958. The van der Waals surface area contributed by atoms with E-state index >= 15 is 0 Å². The first-order valence-electron chi connectivity index (χ1n) is 8.48. The second-order valence-electron chi connectivity index (χ2n) is 7.44. The average Bonchev–Trinajstić information content (AvgIpc) is 2.46. The molecule has 0 saturated carbocycles. The molecule has 1 aromatic carbocycles. The number of carbonyl (C=O) groups is 1. The topological polar surface area (TPSA) is 61.8 Å². The summed E-state index contributed by atoms with van der Waals surface area (Å²) in [4.78, 5) is 13.8. The maximum Gasteiger partial charge on any atom is 0.407 e. The molecule has 0 aromatic heterocycles. The lowest BCUT2D eigenvalue weighted by Gasteiger charge is -2.33. The molecule has 1 heterocycles. The van der Waals surface area contributed by atoms with Crippen LogP contribution < -0.4 is 5.32 Å². The molecule has 140 valence electrons. The summed E-state index contributed by atoms with van der Waals surface area (Å²) in [6.07, 6.45) is 0.0641. The number of hydrogen-bond donors (Lipinski definition) is 2. The summed E-state index contributed by atoms with van der Waals surface area (Å²) < 4.78 is 31.7. The van der Waals surface area contributed by atoms with Crippen molar-refractivity contribution >= 4 is 6.09 Å². The summed E-state index contributed by atoms with van der Waals surface area (Å²) in [5, 5.41) is 13.0. The molecular weight excluding hydrogens is 330 g/mol. The number of aliphatic hydroxyl groups excluding tert-OH is 1. The number of ether oxygens (including phenoxy) is 1. The van der Waals surface area contributed by atoms with Gasteiger partial charge in [0.1, 0.15) is 17.2 Å². The summed E-state index contributed by atoms with van der Waals surface area (Å²) in [6.45, 7) is 7.08. The van der Waals surface area contributed by atoms with Crippen molar-refractivity contribution in [2.75, 3.05) is 19.6 Å². The number of hydrogen-bond acceptors (Lipinski definition) is 4. The van der Waals surface area contributed by atoms with Crippen LogP contribution in [0.5, 0.6) is 0 Å². The number of benzene rings is 1. The van der Waals surface area contributed by atoms with Crippen molar-refractivity contribution in [3.63, 3.8) is 0 Å². The van der Waals surface area contributed by atoms with Crippen molar-refractivity contribution in [3.8, 4) is 0 Å². The van der Waals surface area contributed by atoms with Gasteiger partial charge in [-0.2, -0.15) is 0 Å². The quantitative estimate of drug-likeness (QED) is 0.871. The highest BCUT2D eigenvalue weighted by Gasteiger charge is 2.25. The molecule has 2 N–H and O–H groups in total. The fourth-order valence-electron chi connectivity index (χ4n) is 2.85. The van der Waals surface area contributed by atoms with Gasteiger partial charge in [-0.05, 0) is 51.3 Å². The standard InChI is InChI=1S/C18H26F2N2O3/c1-18(2,3)25-17(24)21-15-4-6-22(7-5-15)11-16(23)12-8-13(19)10-14(20)9-12/h8-10,15-16,23H,4-7,11H2,1-3H3,(H,21,24). The third kappa shape index (κ3) is 6.59. The highest BCUT2D eigenvalue weighted by atomic mass is 19.1. The van der Waals surface area contributed by atoms with Crippen molar-refractivity contribution < 1.29 is 23.4 Å². The number of β-amino-alcohol motifs (C(OH)–C–C–N with tert-alkyl or cyclic N) is 1. The Balaban J connectivity index is 1.79. The lowest BCUT2D eigenvalue weighted by molar-refractivity contribution is 0.0459. The van der Waals surface area contributed by atoms with Crippen molar-refractivity contribution in [2.24, 2.45) is 0 Å². The van der Waals surface area contributed by atoms with Gasteiger partial charge in [0.15, 0.2) is 0 Å². The van der Waals surface area contributed by atoms with Crippen LogP contribution in [0.15, 0.2) is 18.2 Å². The number of halogens is 2. The SMILES string of the molecule is CC(C)(C)OC(=O)NC1CCN(CC(O)c2cc(F)cc(F)c2)CC1. The van der Waals surface area contributed by atoms with Gasteiger partial charge in [-0.15, -0.1) is 0 Å². The molecular formula is C18H26F2N2O3. The molecule has 0 bridgehead atoms. The second-order valence-corrected chi connectivity index (χ2v) is 7.44. The maximum absolute atomic E-state index is 13.2. The zero-order valence-corrected chi connectivity index (χ0v) is 14.9. The van der Waals surface area contributed by atoms with E-state index in [-0.39, 0.29) is 11.6 Å². The van der Waals surface area contributed by atoms with Crippen molar-refractivity contribution in [2.45, 2.75) is 51.4 Å². The maximum atomic E-state index is 13.2. The highest BCUT2D eigenvalue weighted by molar-refractivity contribution is 5.68. The molecule has 1 aliphatic rings. The molecule has 1 atom stereocenters. The van der Waals surface area contributed by atoms with Gasteiger partial charge in [-0.1, -0.05) is 0 Å². The van der Waals surface area contributed by atoms with Gasteiger partial charge < -0.3 is 20.1 Å². The zero-order valence-electron chi connectivity index (χ0n) is 14.9. The summed E-state index contributed by atoms with van der Waals surface area (Å²) >= 11 is 0. The van der Waals surface area contributed by atoms with Crippen LogP contribution in [-0.4, -0.2) is 47.4 Å². The largest absolute Gasteiger partial charge is 0.444 e. The average molecular weight is 356 g/mol. The summed E-state index contributed by atoms with van der Waals surface area (Å²) in [5.74, 6) is -1.40. The third-order valence-electron chi connectivity index (χ3n) is 4.01. The lowest BCUT2D eigenvalue weighted by Crippen LogP contribution is -2.46. The number of carbonyl (C=O) groups excluding carboxylic acids is 1. The Bertz CT molecular complexity index is 576. The van der Waals surface area contributed by atoms with Gasteiger partial charge >= 0.3 is 6.09 Å². The van der Waals surface area contributed by atoms with Crippen LogP contribution in [0.25, 0.3) is 0 Å². The van der Waals surface area contributed by atoms with E-state index in [4.69, 9.17) is 4.74 Å². The number of nitrogens with zero attached hydrogens (tertiary/aromatic N) is 1. The molecule has 2 rings (SSSR count). The zero-order chi connectivity index (χ0) is 18.6. The van der Waals surface area contributed by atoms with Crippen LogP contribution >= 0.6 is 0 Å². The van der Waals surface area contributed by atoms with Crippen molar-refractivity contribution in [1.82, 2.24) is 10.2 Å². The van der Waals surface area contributed by atoms with Crippen LogP contribution in [0.1, 0.15) is 45.3 Å². The highest BCUT2D eigenvalue weighted by Crippen LogP contribution is 2.20. The normalized spacial score (nSPS) is 18.0. The summed E-state index contributed by atoms with van der Waals surface area (Å²) in [7, 11) is 0. The van der Waals surface area contributed by atoms with E-state index in [1.807, 2.05) is 25.7 Å². The molecule has 0 spiro atoms. The Morgan fingerprint density at radius 1 is 1.28 bits per heavy atom. The fourth-order valence-corrected chi connectivity index (χ4v) is 2.85. The Morgan fingerprint density at radius 3 is 2.36 bits per heavy atom.